The smallest absolute Gasteiger partial charge is 0.0718 e. The average Bonchev–Trinajstić information content (AvgIpc) is 2.27. The molecule has 0 aliphatic carbocycles. The van der Waals surface area contributed by atoms with Gasteiger partial charge in [-0.15, -0.1) is 13.7 Å². The zero-order valence-corrected chi connectivity index (χ0v) is 9.27. The van der Waals surface area contributed by atoms with Gasteiger partial charge in [0.15, 0.2) is 0 Å². The molecule has 15 heavy (non-hydrogen) atoms. The van der Waals surface area contributed by atoms with Gasteiger partial charge in [-0.05, 0) is 27.8 Å². The SMILES string of the molecule is CSOONc1cccc(SOOF)c1. The zero-order valence-electron chi connectivity index (χ0n) is 7.64. The van der Waals surface area contributed by atoms with Crippen molar-refractivity contribution >= 4 is 29.8 Å². The van der Waals surface area contributed by atoms with Gasteiger partial charge < -0.3 is 0 Å². The Balaban J connectivity index is 2.42. The lowest BCUT2D eigenvalue weighted by molar-refractivity contribution is -0.358. The number of hydrogen-bond acceptors (Lipinski definition) is 7. The highest BCUT2D eigenvalue weighted by Gasteiger charge is 1.98. The molecule has 0 saturated heterocycles. The molecule has 0 aliphatic rings. The number of halogens is 1. The molecule has 84 valence electrons. The molecule has 1 rings (SSSR count). The van der Waals surface area contributed by atoms with Crippen molar-refractivity contribution in [1.29, 1.82) is 0 Å². The number of benzene rings is 1. The fraction of sp³-hybridized carbons (Fsp3) is 0.143. The molecule has 0 bridgehead atoms. The van der Waals surface area contributed by atoms with Crippen LogP contribution in [0.15, 0.2) is 29.2 Å². The van der Waals surface area contributed by atoms with Crippen molar-refractivity contribution in [2.24, 2.45) is 0 Å². The number of anilines is 1. The van der Waals surface area contributed by atoms with Crippen molar-refractivity contribution in [3.8, 4) is 0 Å². The van der Waals surface area contributed by atoms with Crippen molar-refractivity contribution in [2.75, 3.05) is 11.7 Å². The summed E-state index contributed by atoms with van der Waals surface area (Å²) in [7, 11) is 0. The number of hydrogen-bond donors (Lipinski definition) is 1. The minimum atomic E-state index is 0.636. The Morgan fingerprint density at radius 3 is 2.93 bits per heavy atom. The van der Waals surface area contributed by atoms with Gasteiger partial charge in [-0.2, -0.15) is 0 Å². The maximum Gasteiger partial charge on any atom is 0.0718 e. The third-order valence-electron chi connectivity index (χ3n) is 1.25. The maximum atomic E-state index is 11.2. The van der Waals surface area contributed by atoms with E-state index >= 15 is 0 Å². The van der Waals surface area contributed by atoms with Gasteiger partial charge in [0.1, 0.15) is 0 Å². The van der Waals surface area contributed by atoms with E-state index in [0.29, 0.717) is 10.6 Å². The molecule has 0 aromatic heterocycles. The first kappa shape index (κ1) is 12.6. The molecule has 1 N–H and O–H groups in total. The van der Waals surface area contributed by atoms with E-state index in [1.165, 1.54) is 0 Å². The van der Waals surface area contributed by atoms with Crippen molar-refractivity contribution < 1.29 is 23.3 Å². The normalized spacial score (nSPS) is 10.3. The molecule has 0 saturated carbocycles. The van der Waals surface area contributed by atoms with Crippen LogP contribution in [0.5, 0.6) is 0 Å². The second-order valence-electron chi connectivity index (χ2n) is 2.16. The van der Waals surface area contributed by atoms with E-state index in [1.807, 2.05) is 0 Å². The predicted octanol–water partition coefficient (Wildman–Crippen LogP) is 3.08. The third-order valence-corrected chi connectivity index (χ3v) is 2.02. The van der Waals surface area contributed by atoms with Crippen LogP contribution in [-0.4, -0.2) is 6.26 Å². The lowest BCUT2D eigenvalue weighted by Gasteiger charge is -2.04. The zero-order chi connectivity index (χ0) is 10.9. The molecule has 0 amide bonds. The van der Waals surface area contributed by atoms with Crippen LogP contribution in [-0.2, 0) is 18.7 Å². The Labute approximate surface area is 94.3 Å². The lowest BCUT2D eigenvalue weighted by atomic mass is 10.3. The van der Waals surface area contributed by atoms with Gasteiger partial charge in [-0.3, -0.25) is 0 Å². The molecule has 0 spiro atoms. The predicted molar refractivity (Wildman–Crippen MR) is 54.9 cm³/mol. The summed E-state index contributed by atoms with van der Waals surface area (Å²) < 4.78 is 19.8. The van der Waals surface area contributed by atoms with E-state index in [4.69, 9.17) is 0 Å². The fourth-order valence-corrected chi connectivity index (χ4v) is 1.28. The summed E-state index contributed by atoms with van der Waals surface area (Å²) in [5.41, 5.74) is 3.15. The van der Waals surface area contributed by atoms with E-state index in [1.54, 1.807) is 30.5 Å². The Morgan fingerprint density at radius 1 is 1.33 bits per heavy atom. The van der Waals surface area contributed by atoms with Crippen LogP contribution in [0.4, 0.5) is 10.2 Å². The van der Waals surface area contributed by atoms with Gasteiger partial charge in [-0.25, -0.2) is 5.48 Å². The molecule has 0 atom stereocenters. The van der Waals surface area contributed by atoms with Crippen molar-refractivity contribution in [3.63, 3.8) is 0 Å². The summed E-state index contributed by atoms with van der Waals surface area (Å²) in [6, 6.07) is 6.84. The van der Waals surface area contributed by atoms with Crippen molar-refractivity contribution in [2.45, 2.75) is 4.90 Å². The minimum Gasteiger partial charge on any atom is -0.234 e. The quantitative estimate of drug-likeness (QED) is 0.347. The first-order valence-electron chi connectivity index (χ1n) is 3.71. The molecule has 0 heterocycles. The van der Waals surface area contributed by atoms with Crippen LogP contribution in [0.25, 0.3) is 0 Å². The van der Waals surface area contributed by atoms with Crippen LogP contribution in [0.2, 0.25) is 0 Å². The van der Waals surface area contributed by atoms with Gasteiger partial charge in [0.05, 0.1) is 17.7 Å². The van der Waals surface area contributed by atoms with E-state index in [-0.39, 0.29) is 0 Å². The Hall–Kier alpha value is -0.510. The van der Waals surface area contributed by atoms with E-state index in [0.717, 1.165) is 24.1 Å². The molecular formula is C7H8FNO4S2. The first-order chi connectivity index (χ1) is 7.36. The van der Waals surface area contributed by atoms with Crippen LogP contribution in [0, 0.1) is 0 Å². The highest BCUT2D eigenvalue weighted by Crippen LogP contribution is 2.22. The van der Waals surface area contributed by atoms with E-state index in [9.17, 15) is 4.53 Å². The number of nitrogens with one attached hydrogen (secondary N) is 1. The summed E-state index contributed by atoms with van der Waals surface area (Å²) >= 11 is 1.79. The molecule has 0 unspecified atom stereocenters. The summed E-state index contributed by atoms with van der Waals surface area (Å²) in [4.78, 5) is 5.23. The molecule has 1 aromatic rings. The largest absolute Gasteiger partial charge is 0.234 e. The van der Waals surface area contributed by atoms with Gasteiger partial charge in [0, 0.05) is 23.2 Å². The summed E-state index contributed by atoms with van der Waals surface area (Å²) in [5.74, 6) is 0. The Morgan fingerprint density at radius 2 is 2.20 bits per heavy atom. The van der Waals surface area contributed by atoms with Gasteiger partial charge in [-0.1, -0.05) is 6.07 Å². The molecule has 0 aliphatic heterocycles. The van der Waals surface area contributed by atoms with Gasteiger partial charge in [0.2, 0.25) is 0 Å². The summed E-state index contributed by atoms with van der Waals surface area (Å²) in [6.07, 6.45) is 1.71. The highest BCUT2D eigenvalue weighted by molar-refractivity contribution is 7.94. The molecule has 8 heteroatoms. The maximum absolute atomic E-state index is 11.2. The molecule has 0 fully saturated rings. The molecule has 5 nitrogen and oxygen atoms in total. The van der Waals surface area contributed by atoms with E-state index < -0.39 is 0 Å². The first-order valence-corrected chi connectivity index (χ1v) is 5.60. The second kappa shape index (κ2) is 7.74. The van der Waals surface area contributed by atoms with Crippen molar-refractivity contribution in [1.82, 2.24) is 0 Å². The third kappa shape index (κ3) is 5.21. The highest BCUT2D eigenvalue weighted by atomic mass is 32.2. The van der Waals surface area contributed by atoms with Gasteiger partial charge >= 0.3 is 0 Å². The average molecular weight is 253 g/mol. The van der Waals surface area contributed by atoms with Crippen molar-refractivity contribution in [3.05, 3.63) is 24.3 Å². The summed E-state index contributed by atoms with van der Waals surface area (Å²) in [6.45, 7) is 0. The topological polar surface area (TPSA) is 49.0 Å². The molecular weight excluding hydrogens is 245 g/mol. The van der Waals surface area contributed by atoms with Crippen LogP contribution in [0.3, 0.4) is 0 Å². The van der Waals surface area contributed by atoms with E-state index in [2.05, 4.69) is 24.2 Å². The summed E-state index contributed by atoms with van der Waals surface area (Å²) in [5, 5.41) is 2.97. The molecule has 1 aromatic carbocycles. The van der Waals surface area contributed by atoms with Gasteiger partial charge in [0.25, 0.3) is 0 Å². The molecule has 0 radical (unpaired) electrons. The van der Waals surface area contributed by atoms with Crippen LogP contribution >= 0.6 is 24.1 Å². The Kier molecular flexibility index (Phi) is 6.48. The fourth-order valence-electron chi connectivity index (χ4n) is 0.763. The monoisotopic (exact) mass is 253 g/mol. The van der Waals surface area contributed by atoms with Crippen LogP contribution in [0.1, 0.15) is 0 Å². The Bertz CT molecular complexity index is 291. The standard InChI is InChI=1S/C7H8FNO4S2/c1-14-13-11-9-6-3-2-4-7(5-6)15-12-10-8/h2-5,9H,1H3. The number of rotatable bonds is 7. The van der Waals surface area contributed by atoms with Crippen LogP contribution < -0.4 is 5.48 Å². The lowest BCUT2D eigenvalue weighted by Crippen LogP contribution is -1.98. The minimum absolute atomic E-state index is 0.636. The second-order valence-corrected chi connectivity index (χ2v) is 3.41.